The number of aryl methyl sites for hydroxylation is 1. The molecule has 0 bridgehead atoms. The van der Waals surface area contributed by atoms with E-state index in [9.17, 15) is 4.79 Å². The van der Waals surface area contributed by atoms with E-state index < -0.39 is 5.60 Å². The fraction of sp³-hybridized carbons (Fsp3) is 0.444. The number of nitrogens with one attached hydrogen (secondary N) is 2. The van der Waals surface area contributed by atoms with Crippen LogP contribution in [0.15, 0.2) is 42.6 Å². The third kappa shape index (κ3) is 5.95. The summed E-state index contributed by atoms with van der Waals surface area (Å²) in [4.78, 5) is 21.5. The summed E-state index contributed by atoms with van der Waals surface area (Å²) in [6.07, 6.45) is 6.13. The Kier molecular flexibility index (Phi) is 6.91. The lowest BCUT2D eigenvalue weighted by atomic mass is 9.91. The normalized spacial score (nSPS) is 18.5. The van der Waals surface area contributed by atoms with Crippen molar-refractivity contribution in [1.82, 2.24) is 15.3 Å². The molecule has 0 radical (unpaired) electrons. The van der Waals surface area contributed by atoms with Crippen LogP contribution < -0.4 is 16.4 Å². The van der Waals surface area contributed by atoms with Gasteiger partial charge in [-0.15, -0.1) is 0 Å². The molecule has 1 heterocycles. The zero-order valence-corrected chi connectivity index (χ0v) is 20.5. The Balaban J connectivity index is 1.42. The Labute approximate surface area is 201 Å². The molecule has 7 heteroatoms. The SMILES string of the molecule is CCc1cc(-c2ccc(N)cc2)cc2cnc(NC3CCC(NC(=O)OC(C)(C)C)CC3)nc12. The summed E-state index contributed by atoms with van der Waals surface area (Å²) in [6.45, 7) is 7.77. The van der Waals surface area contributed by atoms with E-state index in [0.717, 1.165) is 59.8 Å². The predicted octanol–water partition coefficient (Wildman–Crippen LogP) is 5.69. The Morgan fingerprint density at radius 3 is 2.38 bits per heavy atom. The minimum atomic E-state index is -0.483. The fourth-order valence-corrected chi connectivity index (χ4v) is 4.44. The van der Waals surface area contributed by atoms with Gasteiger partial charge in [0.25, 0.3) is 0 Å². The number of alkyl carbamates (subject to hydrolysis) is 1. The van der Waals surface area contributed by atoms with E-state index >= 15 is 0 Å². The van der Waals surface area contributed by atoms with Crippen molar-refractivity contribution in [3.8, 4) is 11.1 Å². The zero-order valence-electron chi connectivity index (χ0n) is 20.5. The summed E-state index contributed by atoms with van der Waals surface area (Å²) >= 11 is 0. The van der Waals surface area contributed by atoms with Crippen LogP contribution in [0.2, 0.25) is 0 Å². The van der Waals surface area contributed by atoms with Gasteiger partial charge in [-0.25, -0.2) is 14.8 Å². The van der Waals surface area contributed by atoms with Crippen LogP contribution in [0.25, 0.3) is 22.0 Å². The molecule has 4 N–H and O–H groups in total. The number of hydrogen-bond donors (Lipinski definition) is 3. The van der Waals surface area contributed by atoms with Gasteiger partial charge in [0.05, 0.1) is 5.52 Å². The molecule has 1 aromatic heterocycles. The number of aromatic nitrogens is 2. The Morgan fingerprint density at radius 1 is 1.06 bits per heavy atom. The van der Waals surface area contributed by atoms with E-state index in [1.807, 2.05) is 51.2 Å². The number of amides is 1. The number of ether oxygens (including phenoxy) is 1. The maximum absolute atomic E-state index is 12.0. The molecule has 1 fully saturated rings. The Morgan fingerprint density at radius 2 is 1.74 bits per heavy atom. The van der Waals surface area contributed by atoms with Crippen LogP contribution in [0, 0.1) is 0 Å². The van der Waals surface area contributed by atoms with Crippen LogP contribution in [0.3, 0.4) is 0 Å². The molecule has 34 heavy (non-hydrogen) atoms. The van der Waals surface area contributed by atoms with Crippen molar-refractivity contribution in [2.75, 3.05) is 11.1 Å². The first-order chi connectivity index (χ1) is 16.2. The number of nitrogens with zero attached hydrogens (tertiary/aromatic N) is 2. The second-order valence-electron chi connectivity index (χ2n) is 10.1. The lowest BCUT2D eigenvalue weighted by molar-refractivity contribution is 0.0492. The van der Waals surface area contributed by atoms with Crippen molar-refractivity contribution in [2.45, 2.75) is 77.5 Å². The van der Waals surface area contributed by atoms with Crippen LogP contribution in [0.1, 0.15) is 58.9 Å². The highest BCUT2D eigenvalue weighted by Gasteiger charge is 2.25. The molecule has 1 aliphatic carbocycles. The van der Waals surface area contributed by atoms with Crippen LogP contribution in [-0.4, -0.2) is 33.7 Å². The van der Waals surface area contributed by atoms with E-state index in [4.69, 9.17) is 15.5 Å². The lowest BCUT2D eigenvalue weighted by Gasteiger charge is -2.30. The first-order valence-electron chi connectivity index (χ1n) is 12.1. The molecule has 1 saturated carbocycles. The Bertz CT molecular complexity index is 1150. The number of nitrogen functional groups attached to an aromatic ring is 1. The second-order valence-corrected chi connectivity index (χ2v) is 10.1. The van der Waals surface area contributed by atoms with Crippen LogP contribution in [0.4, 0.5) is 16.4 Å². The van der Waals surface area contributed by atoms with Crippen molar-refractivity contribution in [3.05, 3.63) is 48.2 Å². The van der Waals surface area contributed by atoms with Gasteiger partial charge in [0.15, 0.2) is 0 Å². The first kappa shape index (κ1) is 23.8. The number of fused-ring (bicyclic) bond motifs is 1. The van der Waals surface area contributed by atoms with Gasteiger partial charge in [-0.05, 0) is 93.8 Å². The molecule has 0 unspecified atom stereocenters. The number of hydrogen-bond acceptors (Lipinski definition) is 6. The number of anilines is 2. The molecule has 4 rings (SSSR count). The molecule has 3 aromatic rings. The molecule has 0 atom stereocenters. The van der Waals surface area contributed by atoms with E-state index in [0.29, 0.717) is 5.95 Å². The second kappa shape index (κ2) is 9.87. The third-order valence-electron chi connectivity index (χ3n) is 6.17. The van der Waals surface area contributed by atoms with Gasteiger partial charge in [-0.3, -0.25) is 0 Å². The third-order valence-corrected chi connectivity index (χ3v) is 6.17. The monoisotopic (exact) mass is 461 g/mol. The van der Waals surface area contributed by atoms with Crippen molar-refractivity contribution < 1.29 is 9.53 Å². The van der Waals surface area contributed by atoms with Crippen molar-refractivity contribution in [2.24, 2.45) is 0 Å². The lowest BCUT2D eigenvalue weighted by Crippen LogP contribution is -2.42. The topological polar surface area (TPSA) is 102 Å². The number of carbonyl (C=O) groups excluding carboxylic acids is 1. The van der Waals surface area contributed by atoms with Crippen LogP contribution in [0.5, 0.6) is 0 Å². The zero-order chi connectivity index (χ0) is 24.3. The highest BCUT2D eigenvalue weighted by Crippen LogP contribution is 2.29. The molecule has 180 valence electrons. The highest BCUT2D eigenvalue weighted by atomic mass is 16.6. The number of carbonyl (C=O) groups is 1. The van der Waals surface area contributed by atoms with Gasteiger partial charge >= 0.3 is 6.09 Å². The number of rotatable bonds is 5. The van der Waals surface area contributed by atoms with Crippen molar-refractivity contribution >= 4 is 28.6 Å². The number of nitrogens with two attached hydrogens (primary N) is 1. The molecule has 2 aromatic carbocycles. The fourth-order valence-electron chi connectivity index (χ4n) is 4.44. The molecular formula is C27H35N5O2. The van der Waals surface area contributed by atoms with Gasteiger partial charge in [-0.1, -0.05) is 19.1 Å². The summed E-state index contributed by atoms with van der Waals surface area (Å²) in [5.74, 6) is 0.658. The van der Waals surface area contributed by atoms with Crippen LogP contribution in [-0.2, 0) is 11.2 Å². The quantitative estimate of drug-likeness (QED) is 0.422. The largest absolute Gasteiger partial charge is 0.444 e. The molecule has 1 aliphatic rings. The average molecular weight is 462 g/mol. The van der Waals surface area contributed by atoms with Crippen LogP contribution >= 0.6 is 0 Å². The van der Waals surface area contributed by atoms with Crippen molar-refractivity contribution in [3.63, 3.8) is 0 Å². The average Bonchev–Trinajstić information content (AvgIpc) is 2.79. The van der Waals surface area contributed by atoms with Gasteiger partial charge in [0, 0.05) is 29.4 Å². The van der Waals surface area contributed by atoms with Gasteiger partial charge in [0.1, 0.15) is 5.60 Å². The van der Waals surface area contributed by atoms with Gasteiger partial charge < -0.3 is 21.1 Å². The minimum Gasteiger partial charge on any atom is -0.444 e. The molecule has 1 amide bonds. The van der Waals surface area contributed by atoms with E-state index in [-0.39, 0.29) is 18.2 Å². The summed E-state index contributed by atoms with van der Waals surface area (Å²) in [5, 5.41) is 7.53. The first-order valence-corrected chi connectivity index (χ1v) is 12.1. The van der Waals surface area contributed by atoms with E-state index in [1.165, 1.54) is 5.56 Å². The molecular weight excluding hydrogens is 426 g/mol. The minimum absolute atomic E-state index is 0.142. The molecule has 0 spiro atoms. The summed E-state index contributed by atoms with van der Waals surface area (Å²) in [6, 6.07) is 12.7. The summed E-state index contributed by atoms with van der Waals surface area (Å²) in [5.41, 5.74) is 10.6. The standard InChI is InChI=1S/C27H35N5O2/c1-5-17-14-19(18-6-8-21(28)9-7-18)15-20-16-29-25(32-24(17)20)30-22-10-12-23(13-11-22)31-26(33)34-27(2,3)4/h6-9,14-16,22-23H,5,10-13,28H2,1-4H3,(H,31,33)(H,29,30,32). The van der Waals surface area contributed by atoms with Crippen molar-refractivity contribution in [1.29, 1.82) is 0 Å². The maximum Gasteiger partial charge on any atom is 0.407 e. The number of benzene rings is 2. The predicted molar refractivity (Wildman–Crippen MR) is 138 cm³/mol. The molecule has 0 saturated heterocycles. The molecule has 0 aliphatic heterocycles. The summed E-state index contributed by atoms with van der Waals surface area (Å²) < 4.78 is 5.38. The maximum atomic E-state index is 12.0. The summed E-state index contributed by atoms with van der Waals surface area (Å²) in [7, 11) is 0. The Hall–Kier alpha value is -3.35. The molecule has 7 nitrogen and oxygen atoms in total. The van der Waals surface area contributed by atoms with Gasteiger partial charge in [0.2, 0.25) is 5.95 Å². The van der Waals surface area contributed by atoms with Gasteiger partial charge in [-0.2, -0.15) is 0 Å². The smallest absolute Gasteiger partial charge is 0.407 e. The highest BCUT2D eigenvalue weighted by molar-refractivity contribution is 5.87. The van der Waals surface area contributed by atoms with E-state index in [2.05, 4.69) is 34.7 Å². The van der Waals surface area contributed by atoms with E-state index in [1.54, 1.807) is 0 Å².